The Morgan fingerprint density at radius 1 is 1.00 bits per heavy atom. The molecular weight excluding hydrogens is 285 g/mol. The first-order valence-corrected chi connectivity index (χ1v) is 6.64. The molecule has 0 aliphatic carbocycles. The summed E-state index contributed by atoms with van der Waals surface area (Å²) < 4.78 is 23.8. The van der Waals surface area contributed by atoms with E-state index in [1.54, 1.807) is 31.4 Å². The Labute approximate surface area is 126 Å². The number of aromatic hydroxyl groups is 1. The molecule has 0 unspecified atom stereocenters. The summed E-state index contributed by atoms with van der Waals surface area (Å²) in [6, 6.07) is 11.3. The van der Waals surface area contributed by atoms with Gasteiger partial charge in [0.25, 0.3) is 0 Å². The number of aromatic nitrogens is 1. The van der Waals surface area contributed by atoms with E-state index in [1.807, 2.05) is 0 Å². The zero-order chi connectivity index (χ0) is 15.7. The second-order valence-electron chi connectivity index (χ2n) is 4.76. The van der Waals surface area contributed by atoms with Crippen molar-refractivity contribution in [1.82, 2.24) is 4.98 Å². The first-order chi connectivity index (χ1) is 10.6. The number of methoxy groups -OCH3 is 2. The molecule has 0 amide bonds. The molecule has 1 aromatic heterocycles. The number of hydrogen-bond acceptors (Lipinski definition) is 4. The van der Waals surface area contributed by atoms with Gasteiger partial charge in [0.1, 0.15) is 11.5 Å². The Balaban J connectivity index is 2.14. The van der Waals surface area contributed by atoms with Crippen molar-refractivity contribution in [3.05, 3.63) is 48.3 Å². The van der Waals surface area contributed by atoms with Gasteiger partial charge >= 0.3 is 0 Å². The molecule has 3 rings (SSSR count). The van der Waals surface area contributed by atoms with Crippen LogP contribution in [0.2, 0.25) is 0 Å². The van der Waals surface area contributed by atoms with Crippen LogP contribution in [-0.4, -0.2) is 24.3 Å². The van der Waals surface area contributed by atoms with Crippen LogP contribution >= 0.6 is 0 Å². The molecule has 112 valence electrons. The molecule has 0 fully saturated rings. The lowest BCUT2D eigenvalue weighted by Crippen LogP contribution is -1.91. The van der Waals surface area contributed by atoms with Crippen LogP contribution in [0.3, 0.4) is 0 Å². The fraction of sp³-hybridized carbons (Fsp3) is 0.118. The third-order valence-corrected chi connectivity index (χ3v) is 3.44. The first kappa shape index (κ1) is 14.1. The van der Waals surface area contributed by atoms with E-state index >= 15 is 0 Å². The minimum atomic E-state index is -0.476. The van der Waals surface area contributed by atoms with Gasteiger partial charge in [0.15, 0.2) is 11.6 Å². The summed E-state index contributed by atoms with van der Waals surface area (Å²) in [5, 5.41) is 10.8. The monoisotopic (exact) mass is 299 g/mol. The molecule has 0 saturated heterocycles. The van der Waals surface area contributed by atoms with Crippen molar-refractivity contribution in [2.24, 2.45) is 0 Å². The maximum atomic E-state index is 13.8. The molecule has 1 heterocycles. The van der Waals surface area contributed by atoms with E-state index in [0.717, 1.165) is 0 Å². The fourth-order valence-electron chi connectivity index (χ4n) is 2.29. The summed E-state index contributed by atoms with van der Waals surface area (Å²) in [6.45, 7) is 0. The quantitative estimate of drug-likeness (QED) is 0.800. The number of pyridine rings is 1. The number of rotatable bonds is 3. The summed E-state index contributed by atoms with van der Waals surface area (Å²) >= 11 is 0. The van der Waals surface area contributed by atoms with Gasteiger partial charge in [-0.05, 0) is 36.4 Å². The minimum absolute atomic E-state index is 0.0649. The summed E-state index contributed by atoms with van der Waals surface area (Å²) in [4.78, 5) is 4.46. The number of halogens is 1. The van der Waals surface area contributed by atoms with Crippen LogP contribution in [0.1, 0.15) is 0 Å². The topological polar surface area (TPSA) is 51.6 Å². The van der Waals surface area contributed by atoms with Crippen LogP contribution in [0.15, 0.2) is 42.5 Å². The number of fused-ring (bicyclic) bond motifs is 1. The Morgan fingerprint density at radius 2 is 1.82 bits per heavy atom. The molecule has 0 radical (unpaired) electrons. The summed E-state index contributed by atoms with van der Waals surface area (Å²) in [5.74, 6) is 0.387. The molecule has 3 aromatic rings. The van der Waals surface area contributed by atoms with Crippen LogP contribution < -0.4 is 9.47 Å². The highest BCUT2D eigenvalue weighted by Crippen LogP contribution is 2.32. The van der Waals surface area contributed by atoms with Crippen molar-refractivity contribution in [1.29, 1.82) is 0 Å². The molecule has 0 spiro atoms. The largest absolute Gasteiger partial charge is 0.507 e. The highest BCUT2D eigenvalue weighted by atomic mass is 19.1. The van der Waals surface area contributed by atoms with Gasteiger partial charge in [-0.1, -0.05) is 0 Å². The lowest BCUT2D eigenvalue weighted by molar-refractivity contribution is 0.386. The van der Waals surface area contributed by atoms with E-state index in [9.17, 15) is 9.50 Å². The van der Waals surface area contributed by atoms with Crippen LogP contribution in [0.4, 0.5) is 4.39 Å². The lowest BCUT2D eigenvalue weighted by Gasteiger charge is -2.08. The van der Waals surface area contributed by atoms with E-state index in [-0.39, 0.29) is 11.5 Å². The highest BCUT2D eigenvalue weighted by molar-refractivity contribution is 5.88. The predicted octanol–water partition coefficient (Wildman–Crippen LogP) is 3.76. The molecule has 0 atom stereocenters. The first-order valence-electron chi connectivity index (χ1n) is 6.64. The molecular formula is C17H14FNO3. The fourth-order valence-corrected chi connectivity index (χ4v) is 2.29. The Bertz CT molecular complexity index is 849. The van der Waals surface area contributed by atoms with Crippen molar-refractivity contribution in [3.8, 4) is 28.5 Å². The van der Waals surface area contributed by atoms with Gasteiger partial charge in [-0.2, -0.15) is 0 Å². The van der Waals surface area contributed by atoms with Crippen molar-refractivity contribution in [3.63, 3.8) is 0 Å². The molecule has 0 saturated carbocycles. The number of ether oxygens (including phenoxy) is 2. The predicted molar refractivity (Wildman–Crippen MR) is 81.9 cm³/mol. The molecule has 0 aliphatic rings. The van der Waals surface area contributed by atoms with Gasteiger partial charge < -0.3 is 14.6 Å². The lowest BCUT2D eigenvalue weighted by atomic mass is 10.1. The average molecular weight is 299 g/mol. The molecule has 22 heavy (non-hydrogen) atoms. The van der Waals surface area contributed by atoms with E-state index in [1.165, 1.54) is 25.3 Å². The highest BCUT2D eigenvalue weighted by Gasteiger charge is 2.10. The van der Waals surface area contributed by atoms with Crippen molar-refractivity contribution in [2.75, 3.05) is 14.2 Å². The number of hydrogen-bond donors (Lipinski definition) is 1. The maximum absolute atomic E-state index is 13.8. The van der Waals surface area contributed by atoms with Gasteiger partial charge in [-0.3, -0.25) is 0 Å². The van der Waals surface area contributed by atoms with Gasteiger partial charge in [0, 0.05) is 17.0 Å². The summed E-state index contributed by atoms with van der Waals surface area (Å²) in [6.07, 6.45) is 0. The minimum Gasteiger partial charge on any atom is -0.507 e. The summed E-state index contributed by atoms with van der Waals surface area (Å²) in [5.41, 5.74) is 1.65. The molecule has 1 N–H and O–H groups in total. The van der Waals surface area contributed by atoms with E-state index in [0.29, 0.717) is 27.9 Å². The third kappa shape index (κ3) is 2.41. The zero-order valence-electron chi connectivity index (χ0n) is 12.1. The molecule has 0 bridgehead atoms. The Hall–Kier alpha value is -2.82. The van der Waals surface area contributed by atoms with Crippen LogP contribution in [-0.2, 0) is 0 Å². The second kappa shape index (κ2) is 5.52. The Morgan fingerprint density at radius 3 is 2.50 bits per heavy atom. The van der Waals surface area contributed by atoms with E-state index < -0.39 is 5.82 Å². The van der Waals surface area contributed by atoms with E-state index in [4.69, 9.17) is 9.47 Å². The smallest absolute Gasteiger partial charge is 0.165 e. The average Bonchev–Trinajstić information content (AvgIpc) is 2.54. The molecule has 4 nitrogen and oxygen atoms in total. The Kier molecular flexibility index (Phi) is 3.55. The van der Waals surface area contributed by atoms with Crippen LogP contribution in [0.5, 0.6) is 17.2 Å². The molecule has 2 aromatic carbocycles. The van der Waals surface area contributed by atoms with Crippen LogP contribution in [0, 0.1) is 5.82 Å². The van der Waals surface area contributed by atoms with Crippen molar-refractivity contribution in [2.45, 2.75) is 0 Å². The number of nitrogens with zero attached hydrogens (tertiary/aromatic N) is 1. The maximum Gasteiger partial charge on any atom is 0.165 e. The molecule has 5 heteroatoms. The zero-order valence-corrected chi connectivity index (χ0v) is 12.1. The normalized spacial score (nSPS) is 10.7. The van der Waals surface area contributed by atoms with Crippen molar-refractivity contribution >= 4 is 10.9 Å². The third-order valence-electron chi connectivity index (χ3n) is 3.44. The summed E-state index contributed by atoms with van der Waals surface area (Å²) in [7, 11) is 2.96. The van der Waals surface area contributed by atoms with Gasteiger partial charge in [0.05, 0.1) is 25.4 Å². The SMILES string of the molecule is COc1ccc2nc(-c3ccc(OC)c(F)c3)cc(O)c2c1. The van der Waals surface area contributed by atoms with Gasteiger partial charge in [-0.15, -0.1) is 0 Å². The van der Waals surface area contributed by atoms with Crippen molar-refractivity contribution < 1.29 is 19.0 Å². The molecule has 0 aliphatic heterocycles. The van der Waals surface area contributed by atoms with Gasteiger partial charge in [-0.25, -0.2) is 9.37 Å². The van der Waals surface area contributed by atoms with E-state index in [2.05, 4.69) is 4.98 Å². The number of benzene rings is 2. The standard InChI is InChI=1S/C17H14FNO3/c1-21-11-4-5-14-12(8-11)16(20)9-15(19-14)10-3-6-17(22-2)13(18)7-10/h3-9H,1-2H3,(H,19,20). The van der Waals surface area contributed by atoms with Crippen LogP contribution in [0.25, 0.3) is 22.2 Å². The second-order valence-corrected chi connectivity index (χ2v) is 4.76. The van der Waals surface area contributed by atoms with Gasteiger partial charge in [0.2, 0.25) is 0 Å².